The molecular weight excluding hydrogens is 191 g/mol. The molecule has 13 heavy (non-hydrogen) atoms. The van der Waals surface area contributed by atoms with E-state index in [1.807, 2.05) is 0 Å². The topological polar surface area (TPSA) is 90.1 Å². The molecule has 0 aromatic heterocycles. The second-order valence-electron chi connectivity index (χ2n) is 2.00. The maximum atomic E-state index is 11.8. The molecule has 0 aliphatic carbocycles. The highest BCUT2D eigenvalue weighted by Gasteiger charge is 2.35. The summed E-state index contributed by atoms with van der Waals surface area (Å²) in [6.45, 7) is -0.533. The maximum Gasteiger partial charge on any atom is 0.440 e. The Balaban J connectivity index is 4.25. The molecular formula is C5H7F3N3O2+. The third-order valence-corrected chi connectivity index (χ3v) is 0.979. The predicted molar refractivity (Wildman–Crippen MR) is 33.7 cm³/mol. The zero-order valence-corrected chi connectivity index (χ0v) is 6.30. The SMILES string of the molecule is N=N/C(=C\[NH2+]CC(=O)O)C(F)(F)F. The lowest BCUT2D eigenvalue weighted by atomic mass is 10.4. The summed E-state index contributed by atoms with van der Waals surface area (Å²) in [5.41, 5.74) is 4.75. The number of hydrogen-bond donors (Lipinski definition) is 3. The summed E-state index contributed by atoms with van der Waals surface area (Å²) in [6.07, 6.45) is -4.25. The lowest BCUT2D eigenvalue weighted by molar-refractivity contribution is -0.579. The van der Waals surface area contributed by atoms with Crippen LogP contribution in [-0.4, -0.2) is 23.8 Å². The third kappa shape index (κ3) is 4.90. The van der Waals surface area contributed by atoms with Crippen LogP contribution in [0.5, 0.6) is 0 Å². The Labute approximate surface area is 70.7 Å². The minimum absolute atomic E-state index is 0.459. The number of nitrogens with zero attached hydrogens (tertiary/aromatic N) is 1. The minimum atomic E-state index is -4.71. The van der Waals surface area contributed by atoms with E-state index >= 15 is 0 Å². The molecule has 74 valence electrons. The van der Waals surface area contributed by atoms with Crippen LogP contribution in [0.1, 0.15) is 0 Å². The van der Waals surface area contributed by atoms with E-state index < -0.39 is 24.4 Å². The van der Waals surface area contributed by atoms with E-state index in [2.05, 4.69) is 5.11 Å². The largest absolute Gasteiger partial charge is 0.477 e. The summed E-state index contributed by atoms with van der Waals surface area (Å²) in [4.78, 5) is 9.90. The third-order valence-electron chi connectivity index (χ3n) is 0.979. The van der Waals surface area contributed by atoms with Crippen molar-refractivity contribution in [1.29, 1.82) is 5.53 Å². The van der Waals surface area contributed by atoms with Crippen molar-refractivity contribution in [1.82, 2.24) is 0 Å². The molecule has 0 saturated heterocycles. The van der Waals surface area contributed by atoms with E-state index in [1.54, 1.807) is 0 Å². The van der Waals surface area contributed by atoms with Crippen molar-refractivity contribution in [3.05, 3.63) is 11.9 Å². The van der Waals surface area contributed by atoms with Gasteiger partial charge in [0.15, 0.2) is 6.54 Å². The average Bonchev–Trinajstić information content (AvgIpc) is 1.95. The van der Waals surface area contributed by atoms with Crippen LogP contribution in [0, 0.1) is 5.53 Å². The van der Waals surface area contributed by atoms with Gasteiger partial charge in [0.05, 0.1) is 0 Å². The van der Waals surface area contributed by atoms with Gasteiger partial charge in [-0.25, -0.2) is 10.3 Å². The van der Waals surface area contributed by atoms with Gasteiger partial charge in [0, 0.05) is 0 Å². The van der Waals surface area contributed by atoms with Gasteiger partial charge in [0.25, 0.3) is 0 Å². The van der Waals surface area contributed by atoms with Gasteiger partial charge in [-0.2, -0.15) is 13.2 Å². The standard InChI is InChI=1S/C5H6F3N3O2/c6-5(7,8)3(11-9)1-10-2-4(12)13/h1,9-10H,2H2,(H,12,13)/p+1/b3-1-,11-9?. The molecule has 5 nitrogen and oxygen atoms in total. The van der Waals surface area contributed by atoms with E-state index in [4.69, 9.17) is 10.6 Å². The summed E-state index contributed by atoms with van der Waals surface area (Å²) in [5, 5.41) is 11.1. The van der Waals surface area contributed by atoms with Gasteiger partial charge in [0.2, 0.25) is 5.70 Å². The molecule has 0 bridgehead atoms. The number of carboxylic acids is 1. The number of quaternary nitrogens is 1. The molecule has 0 rings (SSSR count). The molecule has 0 aliphatic heterocycles. The number of carboxylic acid groups (broad SMARTS) is 1. The highest BCUT2D eigenvalue weighted by atomic mass is 19.4. The molecule has 0 aromatic rings. The fourth-order valence-electron chi connectivity index (χ4n) is 0.467. The van der Waals surface area contributed by atoms with E-state index in [-0.39, 0.29) is 0 Å². The Kier molecular flexibility index (Phi) is 4.05. The Bertz CT molecular complexity index is 236. The van der Waals surface area contributed by atoms with Crippen LogP contribution in [-0.2, 0) is 4.79 Å². The average molecular weight is 198 g/mol. The van der Waals surface area contributed by atoms with Gasteiger partial charge in [-0.15, -0.1) is 5.11 Å². The summed E-state index contributed by atoms with van der Waals surface area (Å²) in [5.74, 6) is -1.25. The smallest absolute Gasteiger partial charge is 0.440 e. The zero-order chi connectivity index (χ0) is 10.5. The molecule has 0 unspecified atom stereocenters. The number of hydrogen-bond acceptors (Lipinski definition) is 3. The molecule has 0 aliphatic rings. The van der Waals surface area contributed by atoms with Crippen molar-refractivity contribution < 1.29 is 28.4 Å². The number of nitrogens with one attached hydrogen (secondary N) is 1. The first-order valence-corrected chi connectivity index (χ1v) is 3.08. The molecule has 0 heterocycles. The monoisotopic (exact) mass is 198 g/mol. The Hall–Kier alpha value is -1.44. The lowest BCUT2D eigenvalue weighted by Gasteiger charge is -2.02. The summed E-state index contributed by atoms with van der Waals surface area (Å²) >= 11 is 0. The van der Waals surface area contributed by atoms with E-state index in [1.165, 1.54) is 0 Å². The second-order valence-corrected chi connectivity index (χ2v) is 2.00. The van der Waals surface area contributed by atoms with Gasteiger partial charge in [-0.1, -0.05) is 0 Å². The number of rotatable bonds is 4. The van der Waals surface area contributed by atoms with Crippen molar-refractivity contribution in [2.75, 3.05) is 6.54 Å². The normalized spacial score (nSPS) is 12.7. The van der Waals surface area contributed by atoms with Crippen molar-refractivity contribution in [3.8, 4) is 0 Å². The van der Waals surface area contributed by atoms with Gasteiger partial charge in [-0.3, -0.25) is 0 Å². The van der Waals surface area contributed by atoms with E-state index in [0.717, 1.165) is 5.32 Å². The summed E-state index contributed by atoms with van der Waals surface area (Å²) in [7, 11) is 0. The lowest BCUT2D eigenvalue weighted by Crippen LogP contribution is -2.80. The van der Waals surface area contributed by atoms with Crippen molar-refractivity contribution in [3.63, 3.8) is 0 Å². The van der Waals surface area contributed by atoms with Crippen LogP contribution in [0.25, 0.3) is 0 Å². The number of carbonyl (C=O) groups is 1. The van der Waals surface area contributed by atoms with Crippen molar-refractivity contribution in [2.45, 2.75) is 6.18 Å². The van der Waals surface area contributed by atoms with Crippen molar-refractivity contribution >= 4 is 5.97 Å². The molecule has 0 fully saturated rings. The maximum absolute atomic E-state index is 11.8. The number of aliphatic carboxylic acids is 1. The quantitative estimate of drug-likeness (QED) is 0.558. The zero-order valence-electron chi connectivity index (χ0n) is 6.30. The highest BCUT2D eigenvalue weighted by Crippen LogP contribution is 2.24. The van der Waals surface area contributed by atoms with Gasteiger partial charge in [-0.05, 0) is 0 Å². The first-order valence-electron chi connectivity index (χ1n) is 3.08. The molecule has 0 amide bonds. The van der Waals surface area contributed by atoms with Crippen LogP contribution in [0.4, 0.5) is 13.2 Å². The molecule has 0 spiro atoms. The molecule has 0 atom stereocenters. The van der Waals surface area contributed by atoms with Gasteiger partial charge >= 0.3 is 12.1 Å². The van der Waals surface area contributed by atoms with Gasteiger partial charge in [0.1, 0.15) is 6.20 Å². The van der Waals surface area contributed by atoms with Crippen LogP contribution < -0.4 is 5.32 Å². The highest BCUT2D eigenvalue weighted by molar-refractivity contribution is 5.67. The molecule has 0 aromatic carbocycles. The Morgan fingerprint density at radius 1 is 1.62 bits per heavy atom. The van der Waals surface area contributed by atoms with Crippen molar-refractivity contribution in [2.24, 2.45) is 5.11 Å². The minimum Gasteiger partial charge on any atom is -0.477 e. The Morgan fingerprint density at radius 2 is 2.15 bits per heavy atom. The number of alkyl halides is 3. The van der Waals surface area contributed by atoms with Crippen LogP contribution in [0.2, 0.25) is 0 Å². The van der Waals surface area contributed by atoms with Crippen LogP contribution in [0.3, 0.4) is 0 Å². The predicted octanol–water partition coefficient (Wildman–Crippen LogP) is 0.0691. The fourth-order valence-corrected chi connectivity index (χ4v) is 0.467. The number of halogens is 3. The molecule has 0 saturated carbocycles. The first-order chi connectivity index (χ1) is 5.88. The second kappa shape index (κ2) is 4.55. The summed E-state index contributed by atoms with van der Waals surface area (Å²) in [6, 6.07) is 0. The van der Waals surface area contributed by atoms with Crippen LogP contribution >= 0.6 is 0 Å². The first kappa shape index (κ1) is 11.6. The number of allylic oxidation sites excluding steroid dienone is 1. The molecule has 4 N–H and O–H groups in total. The fraction of sp³-hybridized carbons (Fsp3) is 0.400. The molecule has 8 heteroatoms. The van der Waals surface area contributed by atoms with E-state index in [0.29, 0.717) is 6.20 Å². The Morgan fingerprint density at radius 3 is 2.46 bits per heavy atom. The summed E-state index contributed by atoms with van der Waals surface area (Å²) < 4.78 is 35.4. The van der Waals surface area contributed by atoms with Crippen LogP contribution in [0.15, 0.2) is 17.0 Å². The van der Waals surface area contributed by atoms with E-state index in [9.17, 15) is 18.0 Å². The number of nitrogens with two attached hydrogens (primary N) is 1. The molecule has 0 radical (unpaired) electrons. The van der Waals surface area contributed by atoms with Gasteiger partial charge < -0.3 is 10.4 Å².